The van der Waals surface area contributed by atoms with Crippen LogP contribution in [0, 0.1) is 0 Å². The van der Waals surface area contributed by atoms with Gasteiger partial charge in [-0.25, -0.2) is 9.59 Å². The smallest absolute Gasteiger partial charge is 0.330 e. The molecular formula is C30H36O9. The fraction of sp³-hybridized carbons (Fsp3) is 0.367. The van der Waals surface area contributed by atoms with Crippen molar-refractivity contribution >= 4 is 17.9 Å². The van der Waals surface area contributed by atoms with Gasteiger partial charge in [-0.1, -0.05) is 60.7 Å². The number of rotatable bonds is 16. The van der Waals surface area contributed by atoms with E-state index in [9.17, 15) is 19.5 Å². The number of carboxylic acids is 1. The average Bonchev–Trinajstić information content (AvgIpc) is 2.89. The van der Waals surface area contributed by atoms with Crippen molar-refractivity contribution in [2.24, 2.45) is 0 Å². The maximum atomic E-state index is 12.5. The Kier molecular flexibility index (Phi) is 13.6. The lowest BCUT2D eigenvalue weighted by atomic mass is 10.2. The van der Waals surface area contributed by atoms with E-state index in [1.807, 2.05) is 60.7 Å². The molecule has 0 saturated heterocycles. The van der Waals surface area contributed by atoms with Crippen LogP contribution in [0.1, 0.15) is 38.3 Å². The summed E-state index contributed by atoms with van der Waals surface area (Å²) in [4.78, 5) is 35.7. The third-order valence-corrected chi connectivity index (χ3v) is 5.45. The Morgan fingerprint density at radius 2 is 1.28 bits per heavy atom. The molecule has 2 N–H and O–H groups in total. The van der Waals surface area contributed by atoms with E-state index in [1.165, 1.54) is 12.2 Å². The van der Waals surface area contributed by atoms with Crippen molar-refractivity contribution in [1.29, 1.82) is 0 Å². The molecule has 0 heterocycles. The van der Waals surface area contributed by atoms with Crippen LogP contribution in [0.15, 0.2) is 85.0 Å². The van der Waals surface area contributed by atoms with Gasteiger partial charge >= 0.3 is 17.9 Å². The highest BCUT2D eigenvalue weighted by Gasteiger charge is 2.22. The Labute approximate surface area is 228 Å². The van der Waals surface area contributed by atoms with Gasteiger partial charge in [0.05, 0.1) is 25.7 Å². The van der Waals surface area contributed by atoms with E-state index in [0.717, 1.165) is 23.3 Å². The molecule has 9 heteroatoms. The van der Waals surface area contributed by atoms with Crippen LogP contribution in [0.3, 0.4) is 0 Å². The second-order valence-electron chi connectivity index (χ2n) is 8.97. The molecular weight excluding hydrogens is 504 g/mol. The minimum absolute atomic E-state index is 0.195. The molecule has 39 heavy (non-hydrogen) atoms. The van der Waals surface area contributed by atoms with Gasteiger partial charge in [-0.05, 0) is 44.1 Å². The second-order valence-corrected chi connectivity index (χ2v) is 8.97. The van der Waals surface area contributed by atoms with Crippen LogP contribution in [0.4, 0.5) is 0 Å². The molecule has 0 aliphatic heterocycles. The summed E-state index contributed by atoms with van der Waals surface area (Å²) in [6, 6.07) is 18.7. The zero-order chi connectivity index (χ0) is 28.6. The predicted octanol–water partition coefficient (Wildman–Crippen LogP) is 3.99. The van der Waals surface area contributed by atoms with Crippen molar-refractivity contribution in [3.63, 3.8) is 0 Å². The Bertz CT molecular complexity index is 1080. The molecule has 0 aromatic heterocycles. The number of aliphatic hydroxyl groups excluding tert-OH is 1. The third kappa shape index (κ3) is 13.0. The van der Waals surface area contributed by atoms with E-state index in [1.54, 1.807) is 20.8 Å². The van der Waals surface area contributed by atoms with Crippen LogP contribution < -0.4 is 0 Å². The number of aliphatic carboxylic acids is 1. The standard InChI is InChI=1S/C30H36O9/c1-21(38-29(34)17-15-26(22(2)31)36-19-24-10-6-4-7-11-24)18-30(35)39-23(3)27(14-16-28(32)33)37-20-25-12-8-5-9-13-25/h4-17,21-23,26-27,31H,18-20H2,1-3H3,(H,32,33)/b16-14+,17-15+/t21-,22-,23-,26+,27+/m0/s1. The highest BCUT2D eigenvalue weighted by Crippen LogP contribution is 2.13. The van der Waals surface area contributed by atoms with Crippen molar-refractivity contribution in [3.05, 3.63) is 96.1 Å². The van der Waals surface area contributed by atoms with Gasteiger partial charge in [-0.2, -0.15) is 0 Å². The van der Waals surface area contributed by atoms with E-state index >= 15 is 0 Å². The quantitative estimate of drug-likeness (QED) is 0.240. The Morgan fingerprint density at radius 1 is 0.769 bits per heavy atom. The topological polar surface area (TPSA) is 129 Å². The molecule has 9 nitrogen and oxygen atoms in total. The van der Waals surface area contributed by atoms with E-state index in [-0.39, 0.29) is 19.6 Å². The maximum Gasteiger partial charge on any atom is 0.330 e. The Morgan fingerprint density at radius 3 is 1.79 bits per heavy atom. The summed E-state index contributed by atoms with van der Waals surface area (Å²) in [5.74, 6) is -2.50. The number of esters is 2. The first-order chi connectivity index (χ1) is 18.6. The van der Waals surface area contributed by atoms with Crippen molar-refractivity contribution in [1.82, 2.24) is 0 Å². The molecule has 0 unspecified atom stereocenters. The van der Waals surface area contributed by atoms with Crippen LogP contribution in [-0.4, -0.2) is 58.6 Å². The van der Waals surface area contributed by atoms with Gasteiger partial charge < -0.3 is 29.2 Å². The molecule has 0 aliphatic carbocycles. The number of carbonyl (C=O) groups excluding carboxylic acids is 2. The summed E-state index contributed by atoms with van der Waals surface area (Å²) in [6.07, 6.45) is 0.593. The van der Waals surface area contributed by atoms with Crippen LogP contribution >= 0.6 is 0 Å². The number of hydrogen-bond acceptors (Lipinski definition) is 8. The van der Waals surface area contributed by atoms with Gasteiger partial charge in [0.15, 0.2) is 0 Å². The van der Waals surface area contributed by atoms with Crippen molar-refractivity contribution in [2.45, 2.75) is 70.9 Å². The summed E-state index contributed by atoms with van der Waals surface area (Å²) in [7, 11) is 0. The number of hydrogen-bond donors (Lipinski definition) is 2. The number of ether oxygens (including phenoxy) is 4. The molecule has 0 saturated carbocycles. The molecule has 0 spiro atoms. The molecule has 2 aromatic rings. The molecule has 2 rings (SSSR count). The van der Waals surface area contributed by atoms with Gasteiger partial charge in [0.1, 0.15) is 24.4 Å². The van der Waals surface area contributed by atoms with E-state index in [4.69, 9.17) is 24.1 Å². The van der Waals surface area contributed by atoms with E-state index in [0.29, 0.717) is 0 Å². The van der Waals surface area contributed by atoms with Gasteiger partial charge in [-0.3, -0.25) is 4.79 Å². The summed E-state index contributed by atoms with van der Waals surface area (Å²) >= 11 is 0. The van der Waals surface area contributed by atoms with Crippen molar-refractivity contribution in [3.8, 4) is 0 Å². The van der Waals surface area contributed by atoms with Crippen LogP contribution in [-0.2, 0) is 46.5 Å². The average molecular weight is 541 g/mol. The number of carboxylic acid groups (broad SMARTS) is 1. The molecule has 5 atom stereocenters. The fourth-order valence-electron chi connectivity index (χ4n) is 3.42. The minimum atomic E-state index is -1.15. The highest BCUT2D eigenvalue weighted by molar-refractivity contribution is 5.82. The lowest BCUT2D eigenvalue weighted by molar-refractivity contribution is -0.159. The normalized spacial score (nSPS) is 15.4. The van der Waals surface area contributed by atoms with Crippen molar-refractivity contribution < 1.29 is 43.5 Å². The summed E-state index contributed by atoms with van der Waals surface area (Å²) in [5, 5.41) is 18.9. The van der Waals surface area contributed by atoms with E-state index < -0.39 is 48.4 Å². The summed E-state index contributed by atoms with van der Waals surface area (Å²) in [6.45, 7) is 5.13. The summed E-state index contributed by atoms with van der Waals surface area (Å²) < 4.78 is 22.1. The fourth-order valence-corrected chi connectivity index (χ4v) is 3.42. The second kappa shape index (κ2) is 16.9. The first-order valence-electron chi connectivity index (χ1n) is 12.6. The summed E-state index contributed by atoms with van der Waals surface area (Å²) in [5.41, 5.74) is 1.80. The monoisotopic (exact) mass is 540 g/mol. The van der Waals surface area contributed by atoms with E-state index in [2.05, 4.69) is 0 Å². The molecule has 0 aliphatic rings. The first-order valence-corrected chi connectivity index (χ1v) is 12.6. The Hall–Kier alpha value is -3.79. The lowest BCUT2D eigenvalue weighted by Crippen LogP contribution is -2.31. The Balaban J connectivity index is 1.84. The number of aliphatic hydroxyl groups is 1. The van der Waals surface area contributed by atoms with Crippen LogP contribution in [0.25, 0.3) is 0 Å². The van der Waals surface area contributed by atoms with Gasteiger partial charge in [-0.15, -0.1) is 0 Å². The van der Waals surface area contributed by atoms with Crippen LogP contribution in [0.5, 0.6) is 0 Å². The molecule has 0 bridgehead atoms. The number of benzene rings is 2. The molecule has 0 fully saturated rings. The molecule has 0 radical (unpaired) electrons. The van der Waals surface area contributed by atoms with Crippen molar-refractivity contribution in [2.75, 3.05) is 0 Å². The molecule has 210 valence electrons. The predicted molar refractivity (Wildman–Crippen MR) is 143 cm³/mol. The zero-order valence-electron chi connectivity index (χ0n) is 22.3. The lowest BCUT2D eigenvalue weighted by Gasteiger charge is -2.22. The van der Waals surface area contributed by atoms with Gasteiger partial charge in [0, 0.05) is 12.2 Å². The highest BCUT2D eigenvalue weighted by atomic mass is 16.6. The largest absolute Gasteiger partial charge is 0.478 e. The maximum absolute atomic E-state index is 12.5. The van der Waals surface area contributed by atoms with Gasteiger partial charge in [0.2, 0.25) is 0 Å². The molecule has 0 amide bonds. The third-order valence-electron chi connectivity index (χ3n) is 5.45. The van der Waals surface area contributed by atoms with Crippen LogP contribution in [0.2, 0.25) is 0 Å². The zero-order valence-corrected chi connectivity index (χ0v) is 22.3. The van der Waals surface area contributed by atoms with Gasteiger partial charge in [0.25, 0.3) is 0 Å². The number of carbonyl (C=O) groups is 3. The minimum Gasteiger partial charge on any atom is -0.478 e. The first kappa shape index (κ1) is 31.4. The molecule has 2 aromatic carbocycles. The SMILES string of the molecule is C[C@H](O)[C@@H](/C=C/C(=O)O[C@@H](C)CC(=O)O[C@@H](C)[C@@H](/C=C/C(=O)O)OCc1ccccc1)OCc1ccccc1.